The summed E-state index contributed by atoms with van der Waals surface area (Å²) in [6, 6.07) is 26.6. The van der Waals surface area contributed by atoms with Gasteiger partial charge in [-0.25, -0.2) is 27.5 Å². The number of aromatic nitrogens is 4. The normalized spacial score (nSPS) is 12.0. The molecule has 8 bridgehead atoms. The van der Waals surface area contributed by atoms with E-state index in [-0.39, 0.29) is 40.6 Å². The van der Waals surface area contributed by atoms with E-state index in [0.717, 1.165) is 12.8 Å². The molecule has 0 radical (unpaired) electrons. The number of rotatable bonds is 11. The molecule has 0 saturated heterocycles. The van der Waals surface area contributed by atoms with Crippen LogP contribution in [0.15, 0.2) is 97.1 Å². The van der Waals surface area contributed by atoms with Gasteiger partial charge in [0.05, 0.1) is 28.3 Å². The summed E-state index contributed by atoms with van der Waals surface area (Å²) >= 11 is 0. The Bertz CT molecular complexity index is 3100. The molecule has 0 atom stereocenters. The van der Waals surface area contributed by atoms with E-state index in [1.54, 1.807) is 72.8 Å². The molecule has 9 nitrogen and oxygen atoms in total. The number of benzene rings is 4. The van der Waals surface area contributed by atoms with Crippen LogP contribution in [-0.2, 0) is 0 Å². The van der Waals surface area contributed by atoms with Crippen molar-refractivity contribution >= 4 is 52.1 Å². The monoisotopic (exact) mass is 848 g/mol. The number of H-pyrrole nitrogens is 2. The van der Waals surface area contributed by atoms with Crippen molar-refractivity contribution in [3.63, 3.8) is 0 Å². The second kappa shape index (κ2) is 17.0. The van der Waals surface area contributed by atoms with Gasteiger partial charge in [-0.1, -0.05) is 49.2 Å². The predicted molar refractivity (Wildman–Crippen MR) is 241 cm³/mol. The Labute approximate surface area is 358 Å². The van der Waals surface area contributed by atoms with Crippen molar-refractivity contribution in [2.24, 2.45) is 5.73 Å². The molecule has 0 saturated carbocycles. The highest BCUT2D eigenvalue weighted by atomic mass is 19.2. The van der Waals surface area contributed by atoms with Gasteiger partial charge in [-0.3, -0.25) is 0 Å². The van der Waals surface area contributed by atoms with Crippen LogP contribution in [0.25, 0.3) is 90.9 Å². The van der Waals surface area contributed by atoms with Gasteiger partial charge in [-0.2, -0.15) is 0 Å². The van der Waals surface area contributed by atoms with Crippen LogP contribution < -0.4 is 11.1 Å². The number of anilines is 1. The van der Waals surface area contributed by atoms with Crippen LogP contribution in [0.4, 0.5) is 23.2 Å². The van der Waals surface area contributed by atoms with Crippen molar-refractivity contribution in [1.29, 1.82) is 0 Å². The fourth-order valence-electron chi connectivity index (χ4n) is 8.21. The summed E-state index contributed by atoms with van der Waals surface area (Å²) < 4.78 is 65.5. The Hall–Kier alpha value is -7.64. The molecule has 0 spiro atoms. The summed E-state index contributed by atoms with van der Waals surface area (Å²) in [7, 11) is 0. The molecule has 0 amide bonds. The van der Waals surface area contributed by atoms with Crippen molar-refractivity contribution in [3.8, 4) is 61.8 Å². The van der Waals surface area contributed by atoms with E-state index in [2.05, 4.69) is 15.3 Å². The summed E-state index contributed by atoms with van der Waals surface area (Å²) in [4.78, 5) is 16.7. The van der Waals surface area contributed by atoms with Crippen molar-refractivity contribution in [3.05, 3.63) is 143 Å². The number of nitrogens with one attached hydrogen (secondary N) is 3. The molecule has 9 rings (SSSR count). The summed E-state index contributed by atoms with van der Waals surface area (Å²) in [6.07, 6.45) is 9.52. The molecule has 0 unspecified atom stereocenters. The highest BCUT2D eigenvalue weighted by Crippen LogP contribution is 2.42. The maximum absolute atomic E-state index is 16.7. The molecule has 63 heavy (non-hydrogen) atoms. The number of phenols is 3. The van der Waals surface area contributed by atoms with Gasteiger partial charge < -0.3 is 36.3 Å². The Balaban J connectivity index is 1.40. The van der Waals surface area contributed by atoms with Crippen molar-refractivity contribution in [2.75, 3.05) is 18.4 Å². The predicted octanol–water partition coefficient (Wildman–Crippen LogP) is 11.9. The number of halogens is 4. The van der Waals surface area contributed by atoms with Crippen LogP contribution in [0, 0.1) is 23.3 Å². The Kier molecular flexibility index (Phi) is 11.0. The number of aromatic amines is 2. The highest BCUT2D eigenvalue weighted by molar-refractivity contribution is 6.00. The molecule has 5 heterocycles. The van der Waals surface area contributed by atoms with E-state index in [1.807, 2.05) is 24.3 Å². The van der Waals surface area contributed by atoms with Gasteiger partial charge in [0.15, 0.2) is 23.3 Å². The quantitative estimate of drug-likeness (QED) is 0.0388. The second-order valence-corrected chi connectivity index (χ2v) is 15.3. The third-order valence-electron chi connectivity index (χ3n) is 11.1. The first kappa shape index (κ1) is 40.7. The van der Waals surface area contributed by atoms with Gasteiger partial charge in [-0.05, 0) is 121 Å². The first-order chi connectivity index (χ1) is 30.6. The standard InChI is InChI=1S/C50H40F4N6O3/c51-46-45(47(52)49(54)50(48(46)53)56-23-4-2-1-3-22-55)44-39-20-18-37(59-39)42(28-9-6-12-31(62)25-28)35-16-14-33(57-35)41(27-8-5-11-30(61)24-27)34-15-17-36(58-34)43(38-19-21-40(44)60-38)29-10-7-13-32(63)26-29/h5-21,24-26,56-57,60-63H,1-4,22-23,55H2. The molecule has 3 aromatic heterocycles. The number of phenolic OH excluding ortho intramolecular Hbond substituents is 3. The van der Waals surface area contributed by atoms with E-state index in [9.17, 15) is 15.3 Å². The fourth-order valence-corrected chi connectivity index (χ4v) is 8.21. The molecule has 0 aliphatic carbocycles. The maximum Gasteiger partial charge on any atom is 0.185 e. The van der Waals surface area contributed by atoms with Gasteiger partial charge in [0.1, 0.15) is 22.9 Å². The molecule has 8 N–H and O–H groups in total. The summed E-state index contributed by atoms with van der Waals surface area (Å²) in [6.45, 7) is 0.590. The number of nitrogens with zero attached hydrogens (tertiary/aromatic N) is 2. The minimum absolute atomic E-state index is 0.0215. The first-order valence-corrected chi connectivity index (χ1v) is 20.4. The largest absolute Gasteiger partial charge is 0.508 e. The number of nitrogens with two attached hydrogens (primary N) is 1. The van der Waals surface area contributed by atoms with Crippen LogP contribution in [0.2, 0.25) is 0 Å². The lowest BCUT2D eigenvalue weighted by Crippen LogP contribution is -2.11. The van der Waals surface area contributed by atoms with Gasteiger partial charge in [0.25, 0.3) is 0 Å². The average Bonchev–Trinajstić information content (AvgIpc) is 4.12. The third kappa shape index (κ3) is 7.78. The van der Waals surface area contributed by atoms with Gasteiger partial charge >= 0.3 is 0 Å². The van der Waals surface area contributed by atoms with E-state index >= 15 is 17.6 Å². The van der Waals surface area contributed by atoms with Crippen LogP contribution >= 0.6 is 0 Å². The van der Waals surface area contributed by atoms with Crippen molar-refractivity contribution in [1.82, 2.24) is 19.9 Å². The molecule has 316 valence electrons. The zero-order valence-corrected chi connectivity index (χ0v) is 33.6. The lowest BCUT2D eigenvalue weighted by Gasteiger charge is -2.14. The zero-order chi connectivity index (χ0) is 43.8. The fraction of sp³-hybridized carbons (Fsp3) is 0.120. The molecule has 13 heteroatoms. The van der Waals surface area contributed by atoms with E-state index < -0.39 is 34.5 Å². The Morgan fingerprint density at radius 2 is 0.841 bits per heavy atom. The lowest BCUT2D eigenvalue weighted by molar-refractivity contribution is 0.462. The molecular weight excluding hydrogens is 809 g/mol. The molecule has 7 aromatic rings. The number of aromatic hydroxyl groups is 3. The van der Waals surface area contributed by atoms with Crippen molar-refractivity contribution in [2.45, 2.75) is 25.7 Å². The Morgan fingerprint density at radius 1 is 0.460 bits per heavy atom. The topological polar surface area (TPSA) is 156 Å². The number of fused-ring (bicyclic) bond motifs is 8. The zero-order valence-electron chi connectivity index (χ0n) is 33.6. The lowest BCUT2D eigenvalue weighted by atomic mass is 10.0. The minimum atomic E-state index is -1.62. The molecular formula is C50H40F4N6O3. The third-order valence-corrected chi connectivity index (χ3v) is 11.1. The summed E-state index contributed by atoms with van der Waals surface area (Å²) in [5, 5.41) is 34.4. The molecule has 2 aliphatic heterocycles. The highest BCUT2D eigenvalue weighted by Gasteiger charge is 2.30. The molecule has 4 aromatic carbocycles. The van der Waals surface area contributed by atoms with Gasteiger partial charge in [0.2, 0.25) is 0 Å². The van der Waals surface area contributed by atoms with Gasteiger partial charge in [-0.15, -0.1) is 0 Å². The van der Waals surface area contributed by atoms with Crippen molar-refractivity contribution < 1.29 is 32.9 Å². The van der Waals surface area contributed by atoms with Crippen LogP contribution in [0.3, 0.4) is 0 Å². The molecule has 0 fully saturated rings. The van der Waals surface area contributed by atoms with Crippen LogP contribution in [0.5, 0.6) is 17.2 Å². The minimum Gasteiger partial charge on any atom is -0.508 e. The number of unbranched alkanes of at least 4 members (excludes halogenated alkanes) is 3. The van der Waals surface area contributed by atoms with Gasteiger partial charge in [0, 0.05) is 50.9 Å². The van der Waals surface area contributed by atoms with Crippen LogP contribution in [0.1, 0.15) is 48.5 Å². The summed E-state index contributed by atoms with van der Waals surface area (Å²) in [5.74, 6) is -6.44. The SMILES string of the molecule is NCCCCCCNc1c(F)c(F)c(-c2c3nc(c(-c4cccc(O)c4)c4ccc([nH]4)c(-c4cccc(O)c4)c4nc(c(-c5cccc(O)c5)c5ccc2[nH]5)C=C4)C=C3)c(F)c1F. The molecule has 2 aliphatic rings. The van der Waals surface area contributed by atoms with E-state index in [4.69, 9.17) is 15.7 Å². The number of hydrogen-bond acceptors (Lipinski definition) is 7. The second-order valence-electron chi connectivity index (χ2n) is 15.3. The average molecular weight is 849 g/mol. The summed E-state index contributed by atoms with van der Waals surface area (Å²) in [5.41, 5.74) is 9.54. The Morgan fingerprint density at radius 3 is 1.24 bits per heavy atom. The maximum atomic E-state index is 16.7. The smallest absolute Gasteiger partial charge is 0.185 e. The van der Waals surface area contributed by atoms with Crippen LogP contribution in [-0.4, -0.2) is 48.3 Å². The number of hydrogen-bond donors (Lipinski definition) is 7. The van der Waals surface area contributed by atoms with E-state index in [0.29, 0.717) is 86.4 Å². The first-order valence-electron chi connectivity index (χ1n) is 20.4. The van der Waals surface area contributed by atoms with E-state index in [1.165, 1.54) is 24.3 Å².